The topological polar surface area (TPSA) is 37.9 Å². The van der Waals surface area contributed by atoms with Crippen LogP contribution in [0.4, 0.5) is 13.2 Å². The molecule has 0 amide bonds. The first-order valence-electron chi connectivity index (χ1n) is 6.62. The molecular weight excluding hydrogens is 384 g/mol. The monoisotopic (exact) mass is 392 g/mol. The average molecular weight is 393 g/mol. The van der Waals surface area contributed by atoms with Gasteiger partial charge in [0, 0.05) is 5.75 Å². The number of aromatic amines is 1. The summed E-state index contributed by atoms with van der Waals surface area (Å²) >= 11 is 13.3. The van der Waals surface area contributed by atoms with Gasteiger partial charge in [0.1, 0.15) is 5.75 Å². The van der Waals surface area contributed by atoms with Crippen molar-refractivity contribution >= 4 is 46.0 Å². The molecule has 3 nitrogen and oxygen atoms in total. The van der Waals surface area contributed by atoms with Gasteiger partial charge >= 0.3 is 6.36 Å². The third kappa shape index (κ3) is 4.28. The van der Waals surface area contributed by atoms with Crippen molar-refractivity contribution in [3.8, 4) is 5.75 Å². The number of halogens is 5. The summed E-state index contributed by atoms with van der Waals surface area (Å²) in [7, 11) is 0. The fraction of sp³-hybridized carbons (Fsp3) is 0.133. The van der Waals surface area contributed by atoms with Crippen LogP contribution in [0, 0.1) is 0 Å². The molecule has 0 spiro atoms. The van der Waals surface area contributed by atoms with E-state index in [9.17, 15) is 13.2 Å². The molecule has 0 saturated heterocycles. The molecule has 9 heteroatoms. The van der Waals surface area contributed by atoms with Crippen LogP contribution in [0.25, 0.3) is 11.0 Å². The second kappa shape index (κ2) is 6.74. The first-order chi connectivity index (χ1) is 11.3. The molecule has 3 aromatic rings. The molecule has 24 heavy (non-hydrogen) atoms. The molecule has 1 aromatic heterocycles. The summed E-state index contributed by atoms with van der Waals surface area (Å²) in [6, 6.07) is 9.07. The van der Waals surface area contributed by atoms with Crippen molar-refractivity contribution in [2.24, 2.45) is 0 Å². The number of rotatable bonds is 4. The molecule has 0 unspecified atom stereocenters. The Morgan fingerprint density at radius 3 is 2.42 bits per heavy atom. The van der Waals surface area contributed by atoms with Crippen LogP contribution in [0.2, 0.25) is 10.0 Å². The van der Waals surface area contributed by atoms with Gasteiger partial charge in [-0.15, -0.1) is 13.2 Å². The number of fused-ring (bicyclic) bond motifs is 1. The van der Waals surface area contributed by atoms with Crippen molar-refractivity contribution in [2.75, 3.05) is 0 Å². The molecule has 0 fully saturated rings. The summed E-state index contributed by atoms with van der Waals surface area (Å²) in [6.45, 7) is 0. The van der Waals surface area contributed by atoms with Crippen LogP contribution >= 0.6 is 35.0 Å². The van der Waals surface area contributed by atoms with Crippen molar-refractivity contribution in [3.63, 3.8) is 0 Å². The summed E-state index contributed by atoms with van der Waals surface area (Å²) in [5.74, 6) is 0.289. The van der Waals surface area contributed by atoms with Crippen LogP contribution in [0.5, 0.6) is 5.75 Å². The highest BCUT2D eigenvalue weighted by Crippen LogP contribution is 2.30. The summed E-state index contributed by atoms with van der Waals surface area (Å²) in [5, 5.41) is 1.52. The van der Waals surface area contributed by atoms with E-state index in [1.165, 1.54) is 23.9 Å². The van der Waals surface area contributed by atoms with Gasteiger partial charge in [-0.1, -0.05) is 47.1 Å². The van der Waals surface area contributed by atoms with Crippen LogP contribution in [-0.4, -0.2) is 16.3 Å². The Balaban J connectivity index is 1.67. The van der Waals surface area contributed by atoms with E-state index in [0.717, 1.165) is 11.1 Å². The first-order valence-corrected chi connectivity index (χ1v) is 8.36. The number of ether oxygens (including phenoxy) is 1. The highest BCUT2D eigenvalue weighted by Gasteiger charge is 2.30. The Morgan fingerprint density at radius 2 is 1.75 bits per heavy atom. The lowest BCUT2D eigenvalue weighted by atomic mass is 10.2. The zero-order valence-corrected chi connectivity index (χ0v) is 14.2. The molecular formula is C15H9Cl2F3N2OS. The van der Waals surface area contributed by atoms with Gasteiger partial charge < -0.3 is 9.72 Å². The van der Waals surface area contributed by atoms with Gasteiger partial charge in [-0.2, -0.15) is 0 Å². The van der Waals surface area contributed by atoms with Crippen molar-refractivity contribution in [3.05, 3.63) is 52.0 Å². The Bertz CT molecular complexity index is 827. The standard InChI is InChI=1S/C15H9Cl2F3N2OS/c16-10-5-12-13(6-11(10)17)22-14(21-12)24-7-8-1-3-9(4-2-8)23-15(18,19)20/h1-6H,7H2,(H,21,22). The molecule has 0 atom stereocenters. The van der Waals surface area contributed by atoms with Crippen LogP contribution < -0.4 is 4.74 Å². The van der Waals surface area contributed by atoms with Gasteiger partial charge in [0.25, 0.3) is 0 Å². The zero-order chi connectivity index (χ0) is 17.3. The van der Waals surface area contributed by atoms with E-state index >= 15 is 0 Å². The molecule has 1 heterocycles. The van der Waals surface area contributed by atoms with Crippen LogP contribution in [0.1, 0.15) is 5.56 Å². The van der Waals surface area contributed by atoms with Crippen molar-refractivity contribution in [1.82, 2.24) is 9.97 Å². The number of imidazole rings is 1. The summed E-state index contributed by atoms with van der Waals surface area (Å²) in [4.78, 5) is 7.50. The van der Waals surface area contributed by atoms with E-state index in [1.54, 1.807) is 24.3 Å². The minimum atomic E-state index is -4.69. The quantitative estimate of drug-likeness (QED) is 0.548. The second-order valence-electron chi connectivity index (χ2n) is 4.81. The molecule has 0 aliphatic carbocycles. The number of hydrogen-bond acceptors (Lipinski definition) is 3. The van der Waals surface area contributed by atoms with E-state index in [2.05, 4.69) is 14.7 Å². The summed E-state index contributed by atoms with van der Waals surface area (Å²) < 4.78 is 40.2. The average Bonchev–Trinajstić information content (AvgIpc) is 2.87. The van der Waals surface area contributed by atoms with Crippen LogP contribution in [-0.2, 0) is 5.75 Å². The number of nitrogens with one attached hydrogen (secondary N) is 1. The Kier molecular flexibility index (Phi) is 4.85. The van der Waals surface area contributed by atoms with Gasteiger partial charge in [0.15, 0.2) is 5.16 Å². The summed E-state index contributed by atoms with van der Waals surface area (Å²) in [5.41, 5.74) is 2.30. The van der Waals surface area contributed by atoms with Gasteiger partial charge in [0.2, 0.25) is 0 Å². The first kappa shape index (κ1) is 17.3. The maximum absolute atomic E-state index is 12.1. The summed E-state index contributed by atoms with van der Waals surface area (Å²) in [6.07, 6.45) is -4.69. The van der Waals surface area contributed by atoms with Crippen molar-refractivity contribution in [2.45, 2.75) is 17.3 Å². The van der Waals surface area contributed by atoms with Gasteiger partial charge in [-0.25, -0.2) is 4.98 Å². The van der Waals surface area contributed by atoms with E-state index in [1.807, 2.05) is 0 Å². The number of alkyl halides is 3. The molecule has 0 bridgehead atoms. The number of benzene rings is 2. The lowest BCUT2D eigenvalue weighted by molar-refractivity contribution is -0.274. The van der Waals surface area contributed by atoms with Crippen LogP contribution in [0.15, 0.2) is 41.6 Å². The maximum atomic E-state index is 12.1. The fourth-order valence-electron chi connectivity index (χ4n) is 1.99. The Labute approximate surface area is 149 Å². The normalized spacial score (nSPS) is 11.9. The number of hydrogen-bond donors (Lipinski definition) is 1. The largest absolute Gasteiger partial charge is 0.573 e. The molecule has 126 valence electrons. The predicted molar refractivity (Wildman–Crippen MR) is 88.8 cm³/mol. The Morgan fingerprint density at radius 1 is 1.08 bits per heavy atom. The van der Waals surface area contributed by atoms with E-state index < -0.39 is 6.36 Å². The number of thioether (sulfide) groups is 1. The fourth-order valence-corrected chi connectivity index (χ4v) is 3.15. The maximum Gasteiger partial charge on any atom is 0.573 e. The van der Waals surface area contributed by atoms with Crippen molar-refractivity contribution in [1.29, 1.82) is 0 Å². The predicted octanol–water partition coefficient (Wildman–Crippen LogP) is 6.06. The minimum absolute atomic E-state index is 0.246. The molecule has 0 aliphatic heterocycles. The minimum Gasteiger partial charge on any atom is -0.406 e. The molecule has 2 aromatic carbocycles. The third-order valence-electron chi connectivity index (χ3n) is 3.03. The molecule has 0 saturated carbocycles. The molecule has 3 rings (SSSR count). The molecule has 1 N–H and O–H groups in total. The smallest absolute Gasteiger partial charge is 0.406 e. The molecule has 0 radical (unpaired) electrons. The highest BCUT2D eigenvalue weighted by molar-refractivity contribution is 7.98. The second-order valence-corrected chi connectivity index (χ2v) is 6.58. The lowest BCUT2D eigenvalue weighted by Crippen LogP contribution is -2.16. The van der Waals surface area contributed by atoms with E-state index in [4.69, 9.17) is 23.2 Å². The SMILES string of the molecule is FC(F)(F)Oc1ccc(CSc2nc3cc(Cl)c(Cl)cc3[nH]2)cc1. The molecule has 0 aliphatic rings. The van der Waals surface area contributed by atoms with Gasteiger partial charge in [0.05, 0.1) is 21.1 Å². The van der Waals surface area contributed by atoms with Gasteiger partial charge in [-0.05, 0) is 29.8 Å². The zero-order valence-electron chi connectivity index (χ0n) is 11.8. The number of aromatic nitrogens is 2. The number of nitrogens with zero attached hydrogens (tertiary/aromatic N) is 1. The third-order valence-corrected chi connectivity index (χ3v) is 4.70. The van der Waals surface area contributed by atoms with Crippen molar-refractivity contribution < 1.29 is 17.9 Å². The highest BCUT2D eigenvalue weighted by atomic mass is 35.5. The van der Waals surface area contributed by atoms with E-state index in [-0.39, 0.29) is 5.75 Å². The number of H-pyrrole nitrogens is 1. The van der Waals surface area contributed by atoms with Crippen LogP contribution in [0.3, 0.4) is 0 Å². The van der Waals surface area contributed by atoms with Gasteiger partial charge in [-0.3, -0.25) is 0 Å². The lowest BCUT2D eigenvalue weighted by Gasteiger charge is -2.08. The van der Waals surface area contributed by atoms with E-state index in [0.29, 0.717) is 26.5 Å². The Hall–Kier alpha value is -1.57.